The highest BCUT2D eigenvalue weighted by Crippen LogP contribution is 2.35. The molecule has 0 saturated heterocycles. The van der Waals surface area contributed by atoms with Crippen LogP contribution in [-0.4, -0.2) is 32.5 Å². The van der Waals surface area contributed by atoms with Crippen LogP contribution in [-0.2, 0) is 6.42 Å². The first-order valence-electron chi connectivity index (χ1n) is 6.25. The van der Waals surface area contributed by atoms with E-state index in [9.17, 15) is 4.79 Å². The zero-order valence-electron chi connectivity index (χ0n) is 10.6. The highest BCUT2D eigenvalue weighted by molar-refractivity contribution is 7.10. The number of thiophene rings is 1. The molecule has 0 spiro atoms. The molecule has 7 heteroatoms. The van der Waals surface area contributed by atoms with Crippen LogP contribution in [0.2, 0.25) is 0 Å². The van der Waals surface area contributed by atoms with Gasteiger partial charge in [0, 0.05) is 11.4 Å². The van der Waals surface area contributed by atoms with Crippen LogP contribution in [0, 0.1) is 0 Å². The minimum Gasteiger partial charge on any atom is -0.366 e. The molecule has 1 aliphatic rings. The summed E-state index contributed by atoms with van der Waals surface area (Å²) in [6.45, 7) is 2.80. The number of nitrogens with two attached hydrogens (primary N) is 1. The number of rotatable bonds is 2. The van der Waals surface area contributed by atoms with E-state index in [0.717, 1.165) is 12.8 Å². The Morgan fingerprint density at radius 2 is 2.53 bits per heavy atom. The number of aromatic nitrogens is 3. The molecule has 2 aromatic rings. The minimum absolute atomic E-state index is 0.102. The Labute approximate surface area is 114 Å². The van der Waals surface area contributed by atoms with Crippen molar-refractivity contribution in [1.82, 2.24) is 20.1 Å². The van der Waals surface area contributed by atoms with Gasteiger partial charge in [0.25, 0.3) is 5.91 Å². The van der Waals surface area contributed by atoms with Crippen molar-refractivity contribution in [3.05, 3.63) is 27.7 Å². The third-order valence-corrected chi connectivity index (χ3v) is 4.44. The Hall–Kier alpha value is -1.89. The number of hydrogen-bond acceptors (Lipinski definition) is 5. The molecule has 0 aromatic carbocycles. The highest BCUT2D eigenvalue weighted by Gasteiger charge is 2.32. The first kappa shape index (κ1) is 12.2. The molecule has 19 heavy (non-hydrogen) atoms. The number of carbonyl (C=O) groups is 1. The summed E-state index contributed by atoms with van der Waals surface area (Å²) < 4.78 is 0. The maximum absolute atomic E-state index is 12.5. The van der Waals surface area contributed by atoms with Crippen molar-refractivity contribution in [2.75, 3.05) is 12.3 Å². The quantitative estimate of drug-likeness (QED) is 0.872. The van der Waals surface area contributed by atoms with Crippen LogP contribution in [0.15, 0.2) is 11.4 Å². The zero-order chi connectivity index (χ0) is 13.4. The van der Waals surface area contributed by atoms with Gasteiger partial charge in [-0.2, -0.15) is 4.98 Å². The zero-order valence-corrected chi connectivity index (χ0v) is 11.4. The summed E-state index contributed by atoms with van der Waals surface area (Å²) in [4.78, 5) is 19.6. The van der Waals surface area contributed by atoms with E-state index in [1.807, 2.05) is 4.90 Å². The molecule has 0 bridgehead atoms. The second-order valence-corrected chi connectivity index (χ2v) is 5.51. The third-order valence-electron chi connectivity index (χ3n) is 3.45. The fourth-order valence-electron chi connectivity index (χ4n) is 2.59. The number of H-pyrrole nitrogens is 1. The van der Waals surface area contributed by atoms with Gasteiger partial charge in [0.1, 0.15) is 0 Å². The summed E-state index contributed by atoms with van der Waals surface area (Å²) in [6.07, 6.45) is 1.79. The lowest BCUT2D eigenvalue weighted by Gasteiger charge is -2.34. The van der Waals surface area contributed by atoms with E-state index >= 15 is 0 Å². The van der Waals surface area contributed by atoms with Crippen molar-refractivity contribution in [3.63, 3.8) is 0 Å². The van der Waals surface area contributed by atoms with E-state index in [1.165, 1.54) is 10.4 Å². The Morgan fingerprint density at radius 1 is 1.68 bits per heavy atom. The van der Waals surface area contributed by atoms with Crippen molar-refractivity contribution < 1.29 is 4.79 Å². The minimum atomic E-state index is -0.132. The maximum atomic E-state index is 12.5. The van der Waals surface area contributed by atoms with Crippen molar-refractivity contribution in [3.8, 4) is 0 Å². The fraction of sp³-hybridized carbons (Fsp3) is 0.417. The predicted octanol–water partition coefficient (Wildman–Crippen LogP) is 1.60. The van der Waals surface area contributed by atoms with E-state index in [2.05, 4.69) is 33.6 Å². The maximum Gasteiger partial charge on any atom is 0.291 e. The molecule has 1 unspecified atom stereocenters. The van der Waals surface area contributed by atoms with Crippen LogP contribution in [0.4, 0.5) is 5.95 Å². The van der Waals surface area contributed by atoms with Crippen molar-refractivity contribution in [2.24, 2.45) is 0 Å². The first-order valence-corrected chi connectivity index (χ1v) is 7.13. The Bertz CT molecular complexity index is 605. The largest absolute Gasteiger partial charge is 0.366 e. The van der Waals surface area contributed by atoms with E-state index in [1.54, 1.807) is 11.3 Å². The number of nitrogens with zero attached hydrogens (tertiary/aromatic N) is 3. The molecule has 6 nitrogen and oxygen atoms in total. The monoisotopic (exact) mass is 277 g/mol. The lowest BCUT2D eigenvalue weighted by molar-refractivity contribution is 0.0645. The van der Waals surface area contributed by atoms with Crippen LogP contribution in [0.25, 0.3) is 0 Å². The molecular formula is C12H15N5OS. The van der Waals surface area contributed by atoms with E-state index in [0.29, 0.717) is 6.54 Å². The van der Waals surface area contributed by atoms with Crippen LogP contribution in [0.5, 0.6) is 0 Å². The molecule has 2 aromatic heterocycles. The van der Waals surface area contributed by atoms with Crippen LogP contribution in [0.3, 0.4) is 0 Å². The molecule has 0 fully saturated rings. The normalized spacial score (nSPS) is 18.4. The van der Waals surface area contributed by atoms with Gasteiger partial charge in [-0.15, -0.1) is 16.4 Å². The van der Waals surface area contributed by atoms with Crippen molar-refractivity contribution in [1.29, 1.82) is 0 Å². The predicted molar refractivity (Wildman–Crippen MR) is 72.9 cm³/mol. The van der Waals surface area contributed by atoms with E-state index < -0.39 is 0 Å². The Balaban J connectivity index is 1.91. The molecule has 1 atom stereocenters. The number of fused-ring (bicyclic) bond motifs is 1. The van der Waals surface area contributed by atoms with E-state index in [-0.39, 0.29) is 23.7 Å². The molecule has 3 heterocycles. The second-order valence-electron chi connectivity index (χ2n) is 4.51. The SMILES string of the molecule is CCC1c2ccsc2CCN1C(=O)c1nc(N)n[nH]1. The molecule has 100 valence electrons. The summed E-state index contributed by atoms with van der Waals surface area (Å²) in [5.74, 6) is 0.187. The lowest BCUT2D eigenvalue weighted by atomic mass is 9.98. The van der Waals surface area contributed by atoms with Crippen LogP contribution < -0.4 is 5.73 Å². The lowest BCUT2D eigenvalue weighted by Crippen LogP contribution is -2.39. The number of amides is 1. The van der Waals surface area contributed by atoms with Gasteiger partial charge in [-0.3, -0.25) is 9.89 Å². The van der Waals surface area contributed by atoms with Gasteiger partial charge in [0.15, 0.2) is 0 Å². The average molecular weight is 277 g/mol. The van der Waals surface area contributed by atoms with Gasteiger partial charge < -0.3 is 10.6 Å². The van der Waals surface area contributed by atoms with Crippen molar-refractivity contribution >= 4 is 23.2 Å². The number of nitrogen functional groups attached to an aromatic ring is 1. The van der Waals surface area contributed by atoms with Gasteiger partial charge >= 0.3 is 0 Å². The Morgan fingerprint density at radius 3 is 3.21 bits per heavy atom. The standard InChI is InChI=1S/C12H15N5OS/c1-2-8-7-4-6-19-9(7)3-5-17(8)11(18)10-14-12(13)16-15-10/h4,6,8H,2-3,5H2,1H3,(H3,13,14,15,16). The summed E-state index contributed by atoms with van der Waals surface area (Å²) in [6, 6.07) is 2.23. The molecule has 0 saturated carbocycles. The van der Waals surface area contributed by atoms with Gasteiger partial charge in [-0.1, -0.05) is 6.92 Å². The van der Waals surface area contributed by atoms with Gasteiger partial charge in [-0.25, -0.2) is 0 Å². The number of carbonyl (C=O) groups excluding carboxylic acids is 1. The summed E-state index contributed by atoms with van der Waals surface area (Å²) >= 11 is 1.76. The molecule has 0 aliphatic carbocycles. The highest BCUT2D eigenvalue weighted by atomic mass is 32.1. The number of aromatic amines is 1. The van der Waals surface area contributed by atoms with E-state index in [4.69, 9.17) is 5.73 Å². The number of hydrogen-bond donors (Lipinski definition) is 2. The Kier molecular flexibility index (Phi) is 2.98. The number of nitrogens with one attached hydrogen (secondary N) is 1. The van der Waals surface area contributed by atoms with Crippen LogP contribution >= 0.6 is 11.3 Å². The van der Waals surface area contributed by atoms with Crippen molar-refractivity contribution in [2.45, 2.75) is 25.8 Å². The molecule has 3 N–H and O–H groups in total. The summed E-state index contributed by atoms with van der Waals surface area (Å²) in [5.41, 5.74) is 6.71. The molecule has 1 aliphatic heterocycles. The third kappa shape index (κ3) is 1.99. The molecular weight excluding hydrogens is 262 g/mol. The average Bonchev–Trinajstić information content (AvgIpc) is 3.04. The smallest absolute Gasteiger partial charge is 0.291 e. The number of anilines is 1. The van der Waals surface area contributed by atoms with Crippen LogP contribution in [0.1, 0.15) is 40.4 Å². The summed E-state index contributed by atoms with van der Waals surface area (Å²) in [7, 11) is 0. The second kappa shape index (κ2) is 4.65. The van der Waals surface area contributed by atoms with Gasteiger partial charge in [0.2, 0.25) is 11.8 Å². The molecule has 0 radical (unpaired) electrons. The topological polar surface area (TPSA) is 87.9 Å². The molecule has 3 rings (SSSR count). The summed E-state index contributed by atoms with van der Waals surface area (Å²) in [5, 5.41) is 8.40. The van der Waals surface area contributed by atoms with Gasteiger partial charge in [-0.05, 0) is 29.9 Å². The fourth-order valence-corrected chi connectivity index (χ4v) is 3.51. The first-order chi connectivity index (χ1) is 9.20. The van der Waals surface area contributed by atoms with Gasteiger partial charge in [0.05, 0.1) is 6.04 Å². The molecule has 1 amide bonds.